The van der Waals surface area contributed by atoms with Crippen LogP contribution in [0.15, 0.2) is 84.9 Å². The van der Waals surface area contributed by atoms with Crippen molar-refractivity contribution >= 4 is 17.3 Å². The van der Waals surface area contributed by atoms with E-state index in [0.29, 0.717) is 0 Å². The van der Waals surface area contributed by atoms with E-state index in [1.165, 1.54) is 0 Å². The van der Waals surface area contributed by atoms with Crippen LogP contribution in [0, 0.1) is 0 Å². The van der Waals surface area contributed by atoms with Crippen molar-refractivity contribution in [3.05, 3.63) is 96.1 Å². The van der Waals surface area contributed by atoms with Gasteiger partial charge in [0.05, 0.1) is 0 Å². The fraction of sp³-hybridized carbons (Fsp3) is 0.208. The van der Waals surface area contributed by atoms with E-state index in [1.807, 2.05) is 59.5 Å². The molecule has 0 fully saturated rings. The monoisotopic (exact) mass is 356 g/mol. The van der Waals surface area contributed by atoms with E-state index < -0.39 is 0 Å². The lowest BCUT2D eigenvalue weighted by Crippen LogP contribution is -2.38. The van der Waals surface area contributed by atoms with Gasteiger partial charge in [0.25, 0.3) is 5.91 Å². The maximum Gasteiger partial charge on any atom is 0.256 e. The first kappa shape index (κ1) is 17.3. The third kappa shape index (κ3) is 3.21. The van der Waals surface area contributed by atoms with Crippen molar-refractivity contribution < 1.29 is 4.79 Å². The molecule has 1 amide bonds. The van der Waals surface area contributed by atoms with Crippen LogP contribution < -0.4 is 4.90 Å². The van der Waals surface area contributed by atoms with Crippen LogP contribution in [0.3, 0.4) is 0 Å². The predicted octanol–water partition coefficient (Wildman–Crippen LogP) is 5.78. The van der Waals surface area contributed by atoms with Crippen LogP contribution in [-0.2, 0) is 0 Å². The zero-order valence-corrected chi connectivity index (χ0v) is 15.6. The molecule has 0 spiro atoms. The molecule has 0 unspecified atom stereocenters. The lowest BCUT2D eigenvalue weighted by Gasteiger charge is -2.37. The average Bonchev–Trinajstić information content (AvgIpc) is 3.00. The van der Waals surface area contributed by atoms with Gasteiger partial charge in [0.15, 0.2) is 0 Å². The van der Waals surface area contributed by atoms with E-state index in [2.05, 4.69) is 42.2 Å². The first-order valence-corrected chi connectivity index (χ1v) is 9.60. The van der Waals surface area contributed by atoms with Crippen molar-refractivity contribution in [3.63, 3.8) is 0 Å². The van der Waals surface area contributed by atoms with Crippen LogP contribution in [0.5, 0.6) is 0 Å². The topological polar surface area (TPSA) is 23.6 Å². The minimum Gasteiger partial charge on any atom is -0.316 e. The van der Waals surface area contributed by atoms with Gasteiger partial charge in [-0.25, -0.2) is 0 Å². The molecule has 3 nitrogen and oxygen atoms in total. The molecule has 0 aliphatic carbocycles. The van der Waals surface area contributed by atoms with E-state index in [0.717, 1.165) is 41.9 Å². The minimum atomic E-state index is -0.134. The summed E-state index contributed by atoms with van der Waals surface area (Å²) in [5.74, 6) is 0.126. The first-order chi connectivity index (χ1) is 13.3. The van der Waals surface area contributed by atoms with Crippen molar-refractivity contribution in [2.45, 2.75) is 25.9 Å². The Bertz CT molecular complexity index is 868. The number of nitrogens with zero attached hydrogens (tertiary/aromatic N) is 2. The van der Waals surface area contributed by atoms with Crippen molar-refractivity contribution in [1.82, 2.24) is 4.90 Å². The Morgan fingerprint density at radius 1 is 0.815 bits per heavy atom. The van der Waals surface area contributed by atoms with Crippen LogP contribution in [-0.4, -0.2) is 17.4 Å². The summed E-state index contributed by atoms with van der Waals surface area (Å²) in [4.78, 5) is 17.5. The summed E-state index contributed by atoms with van der Waals surface area (Å²) in [6, 6.07) is 28.7. The highest BCUT2D eigenvalue weighted by molar-refractivity contribution is 6.00. The minimum absolute atomic E-state index is 0.126. The van der Waals surface area contributed by atoms with Gasteiger partial charge in [-0.2, -0.15) is 0 Å². The zero-order valence-electron chi connectivity index (χ0n) is 15.6. The van der Waals surface area contributed by atoms with Gasteiger partial charge in [0, 0.05) is 29.0 Å². The van der Waals surface area contributed by atoms with Crippen LogP contribution in [0.25, 0.3) is 0 Å². The van der Waals surface area contributed by atoms with Gasteiger partial charge in [-0.3, -0.25) is 4.79 Å². The number of hydrogen-bond acceptors (Lipinski definition) is 2. The van der Waals surface area contributed by atoms with Gasteiger partial charge < -0.3 is 9.80 Å². The maximum absolute atomic E-state index is 13.2. The average molecular weight is 356 g/mol. The number of hydrogen-bond donors (Lipinski definition) is 0. The third-order valence-electron chi connectivity index (χ3n) is 5.09. The highest BCUT2D eigenvalue weighted by Crippen LogP contribution is 2.42. The second-order valence-electron chi connectivity index (χ2n) is 6.85. The number of carbonyl (C=O) groups is 1. The lowest BCUT2D eigenvalue weighted by molar-refractivity contribution is 0.0726. The fourth-order valence-electron chi connectivity index (χ4n) is 3.79. The van der Waals surface area contributed by atoms with Crippen molar-refractivity contribution in [1.29, 1.82) is 0 Å². The van der Waals surface area contributed by atoms with Crippen molar-refractivity contribution in [2.75, 3.05) is 11.4 Å². The number of anilines is 2. The summed E-state index contributed by atoms with van der Waals surface area (Å²) in [5.41, 5.74) is 4.06. The summed E-state index contributed by atoms with van der Waals surface area (Å²) in [5, 5.41) is 0. The molecule has 1 aliphatic heterocycles. The van der Waals surface area contributed by atoms with E-state index in [4.69, 9.17) is 0 Å². The quantitative estimate of drug-likeness (QED) is 0.559. The molecular weight excluding hydrogens is 332 g/mol. The number of unbranched alkanes of at least 4 members (excludes halogenated alkanes) is 1. The number of carbonyl (C=O) groups excluding carboxylic acids is 1. The van der Waals surface area contributed by atoms with E-state index in [1.54, 1.807) is 0 Å². The highest BCUT2D eigenvalue weighted by atomic mass is 16.2. The molecule has 1 aliphatic rings. The summed E-state index contributed by atoms with van der Waals surface area (Å²) >= 11 is 0. The number of para-hydroxylation sites is 2. The third-order valence-corrected chi connectivity index (χ3v) is 5.09. The second-order valence-corrected chi connectivity index (χ2v) is 6.85. The Kier molecular flexibility index (Phi) is 4.93. The van der Waals surface area contributed by atoms with E-state index >= 15 is 0 Å². The molecule has 0 saturated heterocycles. The molecule has 1 atom stereocenters. The SMILES string of the molecule is CCCCN1C(=O)c2ccccc2[C@H]1N(c1ccccc1)c1ccccc1. The predicted molar refractivity (Wildman–Crippen MR) is 110 cm³/mol. The normalized spacial score (nSPS) is 15.7. The Labute approximate surface area is 160 Å². The van der Waals surface area contributed by atoms with Crippen molar-refractivity contribution in [2.24, 2.45) is 0 Å². The van der Waals surface area contributed by atoms with Gasteiger partial charge in [0.2, 0.25) is 0 Å². The molecule has 3 aromatic carbocycles. The number of fused-ring (bicyclic) bond motifs is 1. The van der Waals surface area contributed by atoms with Gasteiger partial charge >= 0.3 is 0 Å². The van der Waals surface area contributed by atoms with Crippen LogP contribution >= 0.6 is 0 Å². The summed E-state index contributed by atoms with van der Waals surface area (Å²) < 4.78 is 0. The molecule has 27 heavy (non-hydrogen) atoms. The highest BCUT2D eigenvalue weighted by Gasteiger charge is 2.40. The van der Waals surface area contributed by atoms with Crippen LogP contribution in [0.2, 0.25) is 0 Å². The molecule has 0 aromatic heterocycles. The smallest absolute Gasteiger partial charge is 0.256 e. The van der Waals surface area contributed by atoms with E-state index in [9.17, 15) is 4.79 Å². The first-order valence-electron chi connectivity index (χ1n) is 9.60. The van der Waals surface area contributed by atoms with Gasteiger partial charge in [-0.1, -0.05) is 67.9 Å². The Balaban J connectivity index is 1.87. The molecule has 3 heteroatoms. The second kappa shape index (κ2) is 7.67. The molecule has 0 bridgehead atoms. The van der Waals surface area contributed by atoms with Gasteiger partial charge in [0.1, 0.15) is 6.17 Å². The largest absolute Gasteiger partial charge is 0.316 e. The standard InChI is InChI=1S/C24H24N2O/c1-2-3-18-25-23(21-16-10-11-17-22(21)24(25)27)26(19-12-6-4-7-13-19)20-14-8-5-9-15-20/h4-17,23H,2-3,18H2,1H3/t23-/m1/s1. The molecule has 0 N–H and O–H groups in total. The zero-order chi connectivity index (χ0) is 18.6. The van der Waals surface area contributed by atoms with Gasteiger partial charge in [-0.05, 0) is 36.8 Å². The lowest BCUT2D eigenvalue weighted by atomic mass is 10.1. The Hall–Kier alpha value is -3.07. The molecule has 136 valence electrons. The summed E-state index contributed by atoms with van der Waals surface area (Å²) in [7, 11) is 0. The molecule has 1 heterocycles. The molecule has 0 saturated carbocycles. The van der Waals surface area contributed by atoms with Gasteiger partial charge in [-0.15, -0.1) is 0 Å². The Morgan fingerprint density at radius 3 is 1.96 bits per heavy atom. The van der Waals surface area contributed by atoms with E-state index in [-0.39, 0.29) is 12.1 Å². The molecule has 3 aromatic rings. The number of amides is 1. The van der Waals surface area contributed by atoms with Crippen LogP contribution in [0.1, 0.15) is 41.9 Å². The summed E-state index contributed by atoms with van der Waals surface area (Å²) in [6.45, 7) is 2.92. The number of rotatable bonds is 6. The van der Waals surface area contributed by atoms with Crippen LogP contribution in [0.4, 0.5) is 11.4 Å². The Morgan fingerprint density at radius 2 is 1.37 bits per heavy atom. The fourth-order valence-corrected chi connectivity index (χ4v) is 3.79. The molecular formula is C24H24N2O. The van der Waals surface area contributed by atoms with Crippen molar-refractivity contribution in [3.8, 4) is 0 Å². The summed E-state index contributed by atoms with van der Waals surface area (Å²) in [6.07, 6.45) is 1.92. The molecule has 0 radical (unpaired) electrons. The molecule has 4 rings (SSSR count). The number of benzene rings is 3. The maximum atomic E-state index is 13.2.